The molecule has 8 nitrogen and oxygen atoms in total. The number of piperidine rings is 1. The molecule has 1 atom stereocenters. The molecule has 2 saturated heterocycles. The molecule has 1 unspecified atom stereocenters. The fraction of sp³-hybridized carbons (Fsp3) is 0.824. The van der Waals surface area contributed by atoms with Crippen molar-refractivity contribution in [3.63, 3.8) is 0 Å². The monoisotopic (exact) mass is 350 g/mol. The zero-order valence-electron chi connectivity index (χ0n) is 15.1. The van der Waals surface area contributed by atoms with Gasteiger partial charge in [-0.15, -0.1) is 0 Å². The van der Waals surface area contributed by atoms with E-state index in [-0.39, 0.29) is 0 Å². The van der Waals surface area contributed by atoms with Crippen LogP contribution in [0.4, 0.5) is 0 Å². The van der Waals surface area contributed by atoms with E-state index in [1.54, 1.807) is 6.33 Å². The van der Waals surface area contributed by atoms with Gasteiger partial charge in [0.1, 0.15) is 12.2 Å². The van der Waals surface area contributed by atoms with Crippen molar-refractivity contribution in [1.82, 2.24) is 25.4 Å². The Balaban J connectivity index is 1.29. The third kappa shape index (κ3) is 5.40. The molecule has 2 fully saturated rings. The SMILES string of the molecule is CN=C(NCCCOCC1CCOC1)N1CCC(c2ncn[nH]2)CC1. The molecule has 25 heavy (non-hydrogen) atoms. The van der Waals surface area contributed by atoms with E-state index in [0.29, 0.717) is 11.8 Å². The lowest BCUT2D eigenvalue weighted by atomic mass is 9.96. The van der Waals surface area contributed by atoms with Gasteiger partial charge in [-0.05, 0) is 25.7 Å². The molecule has 0 spiro atoms. The molecule has 0 radical (unpaired) electrons. The lowest BCUT2D eigenvalue weighted by Gasteiger charge is -2.33. The van der Waals surface area contributed by atoms with E-state index in [1.165, 1.54) is 0 Å². The number of guanidine groups is 1. The Morgan fingerprint density at radius 1 is 1.44 bits per heavy atom. The van der Waals surface area contributed by atoms with Gasteiger partial charge in [0, 0.05) is 51.7 Å². The maximum absolute atomic E-state index is 5.74. The number of nitrogens with one attached hydrogen (secondary N) is 2. The van der Waals surface area contributed by atoms with Crippen molar-refractivity contribution >= 4 is 5.96 Å². The van der Waals surface area contributed by atoms with Crippen LogP contribution in [0.5, 0.6) is 0 Å². The smallest absolute Gasteiger partial charge is 0.193 e. The maximum atomic E-state index is 5.74. The average molecular weight is 350 g/mol. The van der Waals surface area contributed by atoms with Crippen molar-refractivity contribution in [2.45, 2.75) is 31.6 Å². The fourth-order valence-corrected chi connectivity index (χ4v) is 3.45. The third-order valence-corrected chi connectivity index (χ3v) is 4.95. The molecule has 0 saturated carbocycles. The van der Waals surface area contributed by atoms with Crippen LogP contribution in [-0.4, -0.2) is 79.2 Å². The van der Waals surface area contributed by atoms with E-state index in [0.717, 1.165) is 83.5 Å². The van der Waals surface area contributed by atoms with Gasteiger partial charge >= 0.3 is 0 Å². The van der Waals surface area contributed by atoms with Crippen LogP contribution in [0.1, 0.15) is 37.4 Å². The van der Waals surface area contributed by atoms with Crippen molar-refractivity contribution in [3.8, 4) is 0 Å². The van der Waals surface area contributed by atoms with E-state index < -0.39 is 0 Å². The molecule has 0 bridgehead atoms. The first-order chi connectivity index (χ1) is 12.4. The van der Waals surface area contributed by atoms with Crippen LogP contribution in [0.25, 0.3) is 0 Å². The normalized spacial score (nSPS) is 22.5. The summed E-state index contributed by atoms with van der Waals surface area (Å²) in [6, 6.07) is 0. The number of aromatic nitrogens is 3. The predicted molar refractivity (Wildman–Crippen MR) is 95.7 cm³/mol. The van der Waals surface area contributed by atoms with Gasteiger partial charge in [-0.2, -0.15) is 5.10 Å². The molecule has 8 heteroatoms. The molecule has 1 aromatic heterocycles. The van der Waals surface area contributed by atoms with Gasteiger partial charge in [0.2, 0.25) is 0 Å². The molecular formula is C17H30N6O2. The van der Waals surface area contributed by atoms with Gasteiger partial charge in [0.05, 0.1) is 13.2 Å². The number of aliphatic imine (C=N–C) groups is 1. The third-order valence-electron chi connectivity index (χ3n) is 4.95. The van der Waals surface area contributed by atoms with E-state index in [4.69, 9.17) is 9.47 Å². The van der Waals surface area contributed by atoms with E-state index in [1.807, 2.05) is 7.05 Å². The van der Waals surface area contributed by atoms with Crippen LogP contribution in [0.15, 0.2) is 11.3 Å². The van der Waals surface area contributed by atoms with Crippen LogP contribution < -0.4 is 5.32 Å². The lowest BCUT2D eigenvalue weighted by molar-refractivity contribution is 0.0887. The van der Waals surface area contributed by atoms with Gasteiger partial charge in [0.25, 0.3) is 0 Å². The molecule has 0 aromatic carbocycles. The molecule has 2 aliphatic heterocycles. The Morgan fingerprint density at radius 3 is 3.00 bits per heavy atom. The summed E-state index contributed by atoms with van der Waals surface area (Å²) in [5.74, 6) is 3.06. The number of ether oxygens (including phenoxy) is 2. The van der Waals surface area contributed by atoms with Gasteiger partial charge in [0.15, 0.2) is 5.96 Å². The van der Waals surface area contributed by atoms with Gasteiger partial charge in [-0.25, -0.2) is 4.98 Å². The molecule has 0 aliphatic carbocycles. The topological polar surface area (TPSA) is 87.7 Å². The summed E-state index contributed by atoms with van der Waals surface area (Å²) in [5.41, 5.74) is 0. The molecule has 1 aromatic rings. The number of aromatic amines is 1. The predicted octanol–water partition coefficient (Wildman–Crippen LogP) is 1.00. The first kappa shape index (κ1) is 18.1. The Morgan fingerprint density at radius 2 is 2.32 bits per heavy atom. The van der Waals surface area contributed by atoms with Gasteiger partial charge in [-0.1, -0.05) is 0 Å². The first-order valence-electron chi connectivity index (χ1n) is 9.33. The van der Waals surface area contributed by atoms with Crippen molar-refractivity contribution < 1.29 is 9.47 Å². The molecule has 0 amide bonds. The Labute approximate surface area is 149 Å². The largest absolute Gasteiger partial charge is 0.381 e. The fourth-order valence-electron chi connectivity index (χ4n) is 3.45. The molecule has 3 rings (SSSR count). The number of likely N-dealkylation sites (tertiary alicyclic amines) is 1. The highest BCUT2D eigenvalue weighted by molar-refractivity contribution is 5.79. The summed E-state index contributed by atoms with van der Waals surface area (Å²) in [5, 5.41) is 10.4. The summed E-state index contributed by atoms with van der Waals surface area (Å²) in [4.78, 5) is 11.0. The van der Waals surface area contributed by atoms with Crippen LogP contribution >= 0.6 is 0 Å². The van der Waals surface area contributed by atoms with Crippen LogP contribution in [0.2, 0.25) is 0 Å². The Hall–Kier alpha value is -1.67. The minimum absolute atomic E-state index is 0.477. The highest BCUT2D eigenvalue weighted by atomic mass is 16.5. The van der Waals surface area contributed by atoms with E-state index in [2.05, 4.69) is 30.4 Å². The number of hydrogen-bond donors (Lipinski definition) is 2. The maximum Gasteiger partial charge on any atom is 0.193 e. The standard InChI is InChI=1S/C17H30N6O2/c1-18-17(19-6-2-9-24-11-14-5-10-25-12-14)23-7-3-15(4-8-23)16-20-13-21-22-16/h13-15H,2-12H2,1H3,(H,18,19)(H,20,21,22). The number of H-pyrrole nitrogens is 1. The van der Waals surface area contributed by atoms with Gasteiger partial charge in [-0.3, -0.25) is 10.1 Å². The van der Waals surface area contributed by atoms with Crippen molar-refractivity contribution in [2.75, 3.05) is 53.1 Å². The summed E-state index contributed by atoms with van der Waals surface area (Å²) in [7, 11) is 1.85. The average Bonchev–Trinajstić information content (AvgIpc) is 3.35. The second-order valence-electron chi connectivity index (χ2n) is 6.76. The van der Waals surface area contributed by atoms with Crippen molar-refractivity contribution in [1.29, 1.82) is 0 Å². The minimum atomic E-state index is 0.477. The number of hydrogen-bond acceptors (Lipinski definition) is 5. The summed E-state index contributed by atoms with van der Waals surface area (Å²) >= 11 is 0. The van der Waals surface area contributed by atoms with Crippen LogP contribution in [0, 0.1) is 5.92 Å². The van der Waals surface area contributed by atoms with E-state index >= 15 is 0 Å². The summed E-state index contributed by atoms with van der Waals surface area (Å²) in [6.45, 7) is 6.22. The summed E-state index contributed by atoms with van der Waals surface area (Å²) < 4.78 is 11.1. The molecule has 2 N–H and O–H groups in total. The lowest BCUT2D eigenvalue weighted by Crippen LogP contribution is -2.45. The molecule has 3 heterocycles. The van der Waals surface area contributed by atoms with E-state index in [9.17, 15) is 0 Å². The second-order valence-corrected chi connectivity index (χ2v) is 6.76. The Bertz CT molecular complexity index is 507. The van der Waals surface area contributed by atoms with Crippen LogP contribution in [-0.2, 0) is 9.47 Å². The number of rotatable bonds is 7. The molecule has 2 aliphatic rings. The minimum Gasteiger partial charge on any atom is -0.381 e. The zero-order valence-corrected chi connectivity index (χ0v) is 15.1. The van der Waals surface area contributed by atoms with Gasteiger partial charge < -0.3 is 19.7 Å². The Kier molecular flexibility index (Phi) is 7.05. The number of nitrogens with zero attached hydrogens (tertiary/aromatic N) is 4. The second kappa shape index (κ2) is 9.72. The highest BCUT2D eigenvalue weighted by Crippen LogP contribution is 2.24. The highest BCUT2D eigenvalue weighted by Gasteiger charge is 2.24. The van der Waals surface area contributed by atoms with Crippen molar-refractivity contribution in [3.05, 3.63) is 12.2 Å². The van der Waals surface area contributed by atoms with Crippen molar-refractivity contribution in [2.24, 2.45) is 10.9 Å². The molecular weight excluding hydrogens is 320 g/mol. The quantitative estimate of drug-likeness (QED) is 0.433. The first-order valence-corrected chi connectivity index (χ1v) is 9.33. The van der Waals surface area contributed by atoms with Crippen LogP contribution in [0.3, 0.4) is 0 Å². The summed E-state index contributed by atoms with van der Waals surface area (Å²) in [6.07, 6.45) is 5.85. The zero-order chi connectivity index (χ0) is 17.3. The molecule has 140 valence electrons.